The molecule has 3 heterocycles. The van der Waals surface area contributed by atoms with Crippen molar-refractivity contribution in [1.29, 1.82) is 0 Å². The fourth-order valence-electron chi connectivity index (χ4n) is 3.63. The molecule has 1 amide bonds. The minimum Gasteiger partial charge on any atom is -0.311 e. The lowest BCUT2D eigenvalue weighted by Gasteiger charge is -2.07. The molecule has 5 nitrogen and oxygen atoms in total. The number of nitrogens with zero attached hydrogens (tertiary/aromatic N) is 4. The number of carbonyl (C=O) groups is 1. The number of amides is 1. The summed E-state index contributed by atoms with van der Waals surface area (Å²) in [5.74, 6) is -0.0178. The summed E-state index contributed by atoms with van der Waals surface area (Å²) in [7, 11) is 1.80. The summed E-state index contributed by atoms with van der Waals surface area (Å²) >= 11 is 0. The van der Waals surface area contributed by atoms with Crippen molar-refractivity contribution in [2.24, 2.45) is 0 Å². The van der Waals surface area contributed by atoms with Crippen LogP contribution in [0.3, 0.4) is 0 Å². The fraction of sp³-hybridized carbons (Fsp3) is 0.0417. The van der Waals surface area contributed by atoms with Crippen molar-refractivity contribution in [3.05, 3.63) is 96.4 Å². The van der Waals surface area contributed by atoms with E-state index in [9.17, 15) is 4.79 Å². The van der Waals surface area contributed by atoms with Crippen LogP contribution in [0.1, 0.15) is 11.1 Å². The van der Waals surface area contributed by atoms with E-state index >= 15 is 0 Å². The van der Waals surface area contributed by atoms with Crippen molar-refractivity contribution in [1.82, 2.24) is 14.8 Å². The molecule has 0 bridgehead atoms. The molecule has 2 aromatic heterocycles. The van der Waals surface area contributed by atoms with Gasteiger partial charge >= 0.3 is 0 Å². The van der Waals surface area contributed by atoms with E-state index in [-0.39, 0.29) is 5.91 Å². The van der Waals surface area contributed by atoms with Crippen LogP contribution in [0.4, 0.5) is 5.69 Å². The van der Waals surface area contributed by atoms with Crippen LogP contribution < -0.4 is 4.90 Å². The van der Waals surface area contributed by atoms with Crippen LogP contribution >= 0.6 is 0 Å². The standard InChI is InChI=1S/C24H18N4O/c1-27-22-12-6-5-11-20(22)21(24(27)29)14-18-16-28(19-9-3-2-4-10-19)26-23(18)17-8-7-13-25-15-17/h2-16H,1H3/b21-14-. The van der Waals surface area contributed by atoms with Crippen molar-refractivity contribution >= 4 is 23.2 Å². The molecular weight excluding hydrogens is 360 g/mol. The van der Waals surface area contributed by atoms with Crippen LogP contribution in [0, 0.1) is 0 Å². The van der Waals surface area contributed by atoms with Gasteiger partial charge in [0.2, 0.25) is 0 Å². The number of hydrogen-bond donors (Lipinski definition) is 0. The first kappa shape index (κ1) is 17.1. The molecule has 0 radical (unpaired) electrons. The second kappa shape index (κ2) is 6.87. The zero-order chi connectivity index (χ0) is 19.8. The van der Waals surface area contributed by atoms with Crippen molar-refractivity contribution in [3.8, 4) is 16.9 Å². The molecule has 2 aromatic carbocycles. The Morgan fingerprint density at radius 3 is 2.52 bits per heavy atom. The van der Waals surface area contributed by atoms with Gasteiger partial charge in [-0.15, -0.1) is 0 Å². The molecule has 5 heteroatoms. The number of hydrogen-bond acceptors (Lipinski definition) is 3. The van der Waals surface area contributed by atoms with E-state index in [0.717, 1.165) is 33.8 Å². The van der Waals surface area contributed by atoms with Crippen LogP contribution in [0.15, 0.2) is 85.3 Å². The number of carbonyl (C=O) groups excluding carboxylic acids is 1. The summed E-state index contributed by atoms with van der Waals surface area (Å²) in [6, 6.07) is 21.6. The third-order valence-corrected chi connectivity index (χ3v) is 5.09. The SMILES string of the molecule is CN1C(=O)/C(=C\c2cn(-c3ccccc3)nc2-c2cccnc2)c2ccccc21. The quantitative estimate of drug-likeness (QED) is 0.495. The van der Waals surface area contributed by atoms with Crippen molar-refractivity contribution in [3.63, 3.8) is 0 Å². The molecule has 1 aliphatic rings. The first-order valence-electron chi connectivity index (χ1n) is 9.37. The Morgan fingerprint density at radius 1 is 0.931 bits per heavy atom. The number of para-hydroxylation sites is 2. The topological polar surface area (TPSA) is 51.0 Å². The zero-order valence-electron chi connectivity index (χ0n) is 15.9. The van der Waals surface area contributed by atoms with Gasteiger partial charge < -0.3 is 4.90 Å². The van der Waals surface area contributed by atoms with Crippen molar-refractivity contribution < 1.29 is 4.79 Å². The van der Waals surface area contributed by atoms with Crippen molar-refractivity contribution in [2.75, 3.05) is 11.9 Å². The number of fused-ring (bicyclic) bond motifs is 1. The molecule has 29 heavy (non-hydrogen) atoms. The average Bonchev–Trinajstić information content (AvgIpc) is 3.31. The molecule has 0 saturated heterocycles. The smallest absolute Gasteiger partial charge is 0.258 e. The van der Waals surface area contributed by atoms with E-state index in [2.05, 4.69) is 4.98 Å². The van der Waals surface area contributed by atoms with E-state index in [1.165, 1.54) is 0 Å². The molecule has 0 unspecified atom stereocenters. The molecule has 1 aliphatic heterocycles. The Balaban J connectivity index is 1.70. The molecule has 5 rings (SSSR count). The van der Waals surface area contributed by atoms with Gasteiger partial charge in [-0.25, -0.2) is 4.68 Å². The largest absolute Gasteiger partial charge is 0.311 e. The lowest BCUT2D eigenvalue weighted by molar-refractivity contribution is -0.112. The predicted molar refractivity (Wildman–Crippen MR) is 115 cm³/mol. The van der Waals surface area contributed by atoms with Gasteiger partial charge in [-0.3, -0.25) is 9.78 Å². The Kier molecular flexibility index (Phi) is 4.06. The van der Waals surface area contributed by atoms with Gasteiger partial charge in [-0.1, -0.05) is 36.4 Å². The minimum absolute atomic E-state index is 0.0178. The summed E-state index contributed by atoms with van der Waals surface area (Å²) in [5, 5.41) is 4.80. The number of benzene rings is 2. The number of anilines is 1. The highest BCUT2D eigenvalue weighted by Gasteiger charge is 2.29. The maximum atomic E-state index is 12.9. The molecule has 140 valence electrons. The Morgan fingerprint density at radius 2 is 1.72 bits per heavy atom. The van der Waals surface area contributed by atoms with Gasteiger partial charge in [-0.05, 0) is 36.4 Å². The van der Waals surface area contributed by atoms with Crippen LogP contribution in [0.25, 0.3) is 28.6 Å². The minimum atomic E-state index is -0.0178. The first-order chi connectivity index (χ1) is 14.2. The summed E-state index contributed by atoms with van der Waals surface area (Å²) in [4.78, 5) is 18.8. The Hall–Kier alpha value is -3.99. The molecule has 0 N–H and O–H groups in total. The normalized spacial score (nSPS) is 14.4. The fourth-order valence-corrected chi connectivity index (χ4v) is 3.63. The molecule has 0 saturated carbocycles. The average molecular weight is 378 g/mol. The van der Waals surface area contributed by atoms with E-state index in [4.69, 9.17) is 5.10 Å². The van der Waals surface area contributed by atoms with E-state index < -0.39 is 0 Å². The van der Waals surface area contributed by atoms with Gasteiger partial charge in [0.05, 0.1) is 11.4 Å². The van der Waals surface area contributed by atoms with Gasteiger partial charge in [0.15, 0.2) is 0 Å². The van der Waals surface area contributed by atoms with Gasteiger partial charge in [0.1, 0.15) is 5.69 Å². The highest BCUT2D eigenvalue weighted by molar-refractivity contribution is 6.35. The monoisotopic (exact) mass is 378 g/mol. The molecule has 0 fully saturated rings. The maximum absolute atomic E-state index is 12.9. The number of pyridine rings is 1. The molecular formula is C24H18N4O. The molecule has 0 atom stereocenters. The Bertz CT molecular complexity index is 1230. The van der Waals surface area contributed by atoms with Crippen LogP contribution in [0.2, 0.25) is 0 Å². The summed E-state index contributed by atoms with van der Waals surface area (Å²) < 4.78 is 1.84. The second-order valence-electron chi connectivity index (χ2n) is 6.89. The second-order valence-corrected chi connectivity index (χ2v) is 6.89. The Labute approximate surface area is 168 Å². The van der Waals surface area contributed by atoms with Gasteiger partial charge in [0, 0.05) is 47.9 Å². The number of aromatic nitrogens is 3. The maximum Gasteiger partial charge on any atom is 0.258 e. The van der Waals surface area contributed by atoms with E-state index in [1.807, 2.05) is 83.7 Å². The summed E-state index contributed by atoms with van der Waals surface area (Å²) in [6.07, 6.45) is 7.41. The predicted octanol–water partition coefficient (Wildman–Crippen LogP) is 4.45. The summed E-state index contributed by atoms with van der Waals surface area (Å²) in [6.45, 7) is 0. The zero-order valence-corrected chi connectivity index (χ0v) is 15.9. The number of rotatable bonds is 3. The number of likely N-dealkylation sites (N-methyl/N-ethyl adjacent to an activating group) is 1. The van der Waals surface area contributed by atoms with Crippen molar-refractivity contribution in [2.45, 2.75) is 0 Å². The lowest BCUT2D eigenvalue weighted by atomic mass is 10.0. The molecule has 4 aromatic rings. The first-order valence-corrected chi connectivity index (χ1v) is 9.37. The summed E-state index contributed by atoms with van der Waals surface area (Å²) in [5.41, 5.74) is 6.04. The van der Waals surface area contributed by atoms with Crippen LogP contribution in [0.5, 0.6) is 0 Å². The van der Waals surface area contributed by atoms with E-state index in [1.54, 1.807) is 24.3 Å². The lowest BCUT2D eigenvalue weighted by Crippen LogP contribution is -2.20. The third-order valence-electron chi connectivity index (χ3n) is 5.09. The molecule has 0 aliphatic carbocycles. The van der Waals surface area contributed by atoms with Crippen LogP contribution in [-0.2, 0) is 4.79 Å². The van der Waals surface area contributed by atoms with Gasteiger partial charge in [0.25, 0.3) is 5.91 Å². The highest BCUT2D eigenvalue weighted by atomic mass is 16.2. The third kappa shape index (κ3) is 2.93. The molecule has 0 spiro atoms. The highest BCUT2D eigenvalue weighted by Crippen LogP contribution is 2.37. The van der Waals surface area contributed by atoms with Gasteiger partial charge in [-0.2, -0.15) is 5.10 Å². The van der Waals surface area contributed by atoms with Crippen LogP contribution in [-0.4, -0.2) is 27.7 Å². The van der Waals surface area contributed by atoms with E-state index in [0.29, 0.717) is 5.57 Å².